The molecule has 0 aromatic heterocycles. The van der Waals surface area contributed by atoms with Crippen molar-refractivity contribution in [3.8, 4) is 5.75 Å². The predicted molar refractivity (Wildman–Crippen MR) is 95.0 cm³/mol. The molecular weight excluding hydrogens is 356 g/mol. The molecule has 1 amide bonds. The van der Waals surface area contributed by atoms with Crippen LogP contribution >= 0.6 is 0 Å². The normalized spacial score (nSPS) is 10.0. The molecular formula is C18H16N2O7. The molecule has 0 aliphatic rings. The lowest BCUT2D eigenvalue weighted by Crippen LogP contribution is -2.21. The summed E-state index contributed by atoms with van der Waals surface area (Å²) in [6, 6.07) is 9.78. The zero-order valence-electron chi connectivity index (χ0n) is 14.6. The van der Waals surface area contributed by atoms with E-state index in [0.717, 1.165) is 6.07 Å². The number of nitro groups is 1. The number of ketones is 1. The molecule has 140 valence electrons. The third-order valence-corrected chi connectivity index (χ3v) is 3.52. The molecule has 0 heterocycles. The molecule has 0 bridgehead atoms. The number of carbonyl (C=O) groups is 3. The predicted octanol–water partition coefficient (Wildman–Crippen LogP) is 2.60. The van der Waals surface area contributed by atoms with Gasteiger partial charge in [0.15, 0.2) is 18.1 Å². The average molecular weight is 372 g/mol. The Morgan fingerprint density at radius 3 is 2.26 bits per heavy atom. The number of hydrogen-bond donors (Lipinski definition) is 1. The number of Topliss-reactive ketones (excluding diaryl/α,β-unsaturated/α-hetero) is 1. The Bertz CT molecular complexity index is 891. The summed E-state index contributed by atoms with van der Waals surface area (Å²) in [6.45, 7) is 0.851. The maximum Gasteiger partial charge on any atom is 0.338 e. The van der Waals surface area contributed by atoms with Crippen LogP contribution in [-0.2, 0) is 9.53 Å². The van der Waals surface area contributed by atoms with Gasteiger partial charge < -0.3 is 14.8 Å². The van der Waals surface area contributed by atoms with Gasteiger partial charge in [0.1, 0.15) is 0 Å². The molecule has 2 aromatic rings. The summed E-state index contributed by atoms with van der Waals surface area (Å²) in [5.74, 6) is -1.58. The molecule has 0 fully saturated rings. The van der Waals surface area contributed by atoms with Crippen LogP contribution in [0.3, 0.4) is 0 Å². The van der Waals surface area contributed by atoms with Crippen molar-refractivity contribution in [1.29, 1.82) is 0 Å². The van der Waals surface area contributed by atoms with Crippen LogP contribution in [0.1, 0.15) is 27.6 Å². The summed E-state index contributed by atoms with van der Waals surface area (Å²) in [5, 5.41) is 13.5. The number of nitrogens with zero attached hydrogens (tertiary/aromatic N) is 1. The third-order valence-electron chi connectivity index (χ3n) is 3.52. The van der Waals surface area contributed by atoms with Gasteiger partial charge in [-0.3, -0.25) is 19.7 Å². The molecule has 0 aliphatic carbocycles. The summed E-state index contributed by atoms with van der Waals surface area (Å²) >= 11 is 0. The van der Waals surface area contributed by atoms with Gasteiger partial charge >= 0.3 is 11.7 Å². The molecule has 0 saturated carbocycles. The zero-order valence-corrected chi connectivity index (χ0v) is 14.6. The number of esters is 1. The minimum absolute atomic E-state index is 0.00306. The van der Waals surface area contributed by atoms with E-state index < -0.39 is 23.4 Å². The van der Waals surface area contributed by atoms with Crippen LogP contribution in [0.5, 0.6) is 5.75 Å². The van der Waals surface area contributed by atoms with E-state index in [9.17, 15) is 24.5 Å². The van der Waals surface area contributed by atoms with Crippen LogP contribution in [0, 0.1) is 10.1 Å². The van der Waals surface area contributed by atoms with Gasteiger partial charge in [0.2, 0.25) is 0 Å². The van der Waals surface area contributed by atoms with Gasteiger partial charge in [0, 0.05) is 17.3 Å². The fourth-order valence-corrected chi connectivity index (χ4v) is 2.16. The number of ether oxygens (including phenoxy) is 2. The topological polar surface area (TPSA) is 125 Å². The minimum atomic E-state index is -0.886. The van der Waals surface area contributed by atoms with Crippen molar-refractivity contribution < 1.29 is 28.8 Å². The van der Waals surface area contributed by atoms with Crippen LogP contribution in [0.2, 0.25) is 0 Å². The molecule has 2 rings (SSSR count). The molecule has 0 aliphatic heterocycles. The minimum Gasteiger partial charge on any atom is -0.490 e. The molecule has 0 unspecified atom stereocenters. The van der Waals surface area contributed by atoms with Crippen LogP contribution in [0.25, 0.3) is 0 Å². The number of benzene rings is 2. The van der Waals surface area contributed by atoms with Crippen molar-refractivity contribution in [1.82, 2.24) is 0 Å². The van der Waals surface area contributed by atoms with E-state index >= 15 is 0 Å². The van der Waals surface area contributed by atoms with Crippen molar-refractivity contribution in [2.75, 3.05) is 19.0 Å². The number of nitro benzene ring substituents is 1. The largest absolute Gasteiger partial charge is 0.490 e. The summed E-state index contributed by atoms with van der Waals surface area (Å²) < 4.78 is 9.71. The monoisotopic (exact) mass is 372 g/mol. The highest BCUT2D eigenvalue weighted by molar-refractivity contribution is 5.97. The van der Waals surface area contributed by atoms with Gasteiger partial charge in [-0.2, -0.15) is 0 Å². The molecule has 2 aromatic carbocycles. The molecule has 9 nitrogen and oxygen atoms in total. The number of anilines is 1. The smallest absolute Gasteiger partial charge is 0.338 e. The van der Waals surface area contributed by atoms with Crippen molar-refractivity contribution in [3.05, 3.63) is 63.7 Å². The van der Waals surface area contributed by atoms with Crippen molar-refractivity contribution in [2.45, 2.75) is 6.92 Å². The van der Waals surface area contributed by atoms with E-state index in [1.54, 1.807) is 24.3 Å². The summed E-state index contributed by atoms with van der Waals surface area (Å²) in [5.41, 5.74) is 0.463. The Kier molecular flexibility index (Phi) is 6.21. The van der Waals surface area contributed by atoms with E-state index in [2.05, 4.69) is 5.32 Å². The Morgan fingerprint density at radius 1 is 1.07 bits per heavy atom. The third kappa shape index (κ3) is 5.11. The lowest BCUT2D eigenvalue weighted by atomic mass is 10.1. The summed E-state index contributed by atoms with van der Waals surface area (Å²) in [4.78, 5) is 45.3. The van der Waals surface area contributed by atoms with Crippen LogP contribution in [0.15, 0.2) is 42.5 Å². The number of amides is 1. The van der Waals surface area contributed by atoms with E-state index in [1.165, 1.54) is 26.2 Å². The van der Waals surface area contributed by atoms with Gasteiger partial charge in [-0.25, -0.2) is 4.79 Å². The summed E-state index contributed by atoms with van der Waals surface area (Å²) in [7, 11) is 1.27. The van der Waals surface area contributed by atoms with E-state index in [1.807, 2.05) is 0 Å². The Hall–Kier alpha value is -3.75. The standard InChI is InChI=1S/C18H16N2O7/c1-11(21)12-3-6-14(7-4-12)19-17(22)10-27-18(23)13-5-8-16(26-2)15(9-13)20(24)25/h3-9H,10H2,1-2H3,(H,19,22). The molecule has 1 N–H and O–H groups in total. The Balaban J connectivity index is 1.96. The van der Waals surface area contributed by atoms with Gasteiger partial charge in [-0.1, -0.05) is 0 Å². The highest BCUT2D eigenvalue weighted by Gasteiger charge is 2.19. The fraction of sp³-hybridized carbons (Fsp3) is 0.167. The molecule has 9 heteroatoms. The van der Waals surface area contributed by atoms with Crippen LogP contribution < -0.4 is 10.1 Å². The first-order valence-electron chi connectivity index (χ1n) is 7.72. The van der Waals surface area contributed by atoms with Gasteiger partial charge in [0.25, 0.3) is 5.91 Å². The highest BCUT2D eigenvalue weighted by atomic mass is 16.6. The molecule has 0 saturated heterocycles. The number of carbonyl (C=O) groups excluding carboxylic acids is 3. The number of rotatable bonds is 7. The molecule has 27 heavy (non-hydrogen) atoms. The highest BCUT2D eigenvalue weighted by Crippen LogP contribution is 2.27. The summed E-state index contributed by atoms with van der Waals surface area (Å²) in [6.07, 6.45) is 0. The first-order valence-corrected chi connectivity index (χ1v) is 7.72. The average Bonchev–Trinajstić information content (AvgIpc) is 2.65. The van der Waals surface area contributed by atoms with Gasteiger partial charge in [0.05, 0.1) is 17.6 Å². The van der Waals surface area contributed by atoms with Crippen molar-refractivity contribution in [2.24, 2.45) is 0 Å². The molecule has 0 spiro atoms. The molecule has 0 atom stereocenters. The zero-order chi connectivity index (χ0) is 20.0. The van der Waals surface area contributed by atoms with E-state index in [-0.39, 0.29) is 22.8 Å². The van der Waals surface area contributed by atoms with Crippen molar-refractivity contribution >= 4 is 29.0 Å². The maximum atomic E-state index is 12.0. The van der Waals surface area contributed by atoms with Crippen LogP contribution in [0.4, 0.5) is 11.4 Å². The number of nitrogens with one attached hydrogen (secondary N) is 1. The second kappa shape index (κ2) is 8.56. The Labute approximate surface area is 154 Å². The number of methoxy groups -OCH3 is 1. The second-order valence-corrected chi connectivity index (χ2v) is 5.40. The maximum absolute atomic E-state index is 12.0. The van der Waals surface area contributed by atoms with E-state index in [4.69, 9.17) is 9.47 Å². The molecule has 0 radical (unpaired) electrons. The van der Waals surface area contributed by atoms with Gasteiger partial charge in [-0.15, -0.1) is 0 Å². The van der Waals surface area contributed by atoms with Crippen LogP contribution in [-0.4, -0.2) is 36.3 Å². The first-order chi connectivity index (χ1) is 12.8. The Morgan fingerprint density at radius 2 is 1.70 bits per heavy atom. The lowest BCUT2D eigenvalue weighted by Gasteiger charge is -2.08. The SMILES string of the molecule is COc1ccc(C(=O)OCC(=O)Nc2ccc(C(C)=O)cc2)cc1[N+](=O)[O-]. The van der Waals surface area contributed by atoms with Gasteiger partial charge in [-0.05, 0) is 43.3 Å². The lowest BCUT2D eigenvalue weighted by molar-refractivity contribution is -0.385. The van der Waals surface area contributed by atoms with E-state index in [0.29, 0.717) is 11.3 Å². The van der Waals surface area contributed by atoms with Crippen molar-refractivity contribution in [3.63, 3.8) is 0 Å². The fourth-order valence-electron chi connectivity index (χ4n) is 2.16. The second-order valence-electron chi connectivity index (χ2n) is 5.40. The number of hydrogen-bond acceptors (Lipinski definition) is 7. The first kappa shape index (κ1) is 19.6. The quantitative estimate of drug-likeness (QED) is 0.343.